The van der Waals surface area contributed by atoms with Crippen molar-refractivity contribution >= 4 is 148 Å². The van der Waals surface area contributed by atoms with Gasteiger partial charge in [0.2, 0.25) is 20.0 Å². The lowest BCUT2D eigenvalue weighted by Crippen LogP contribution is -2.64. The van der Waals surface area contributed by atoms with Crippen molar-refractivity contribution in [1.82, 2.24) is 15.1 Å². The molecule has 0 bridgehead atoms. The minimum atomic E-state index is -2.93. The van der Waals surface area contributed by atoms with Gasteiger partial charge < -0.3 is 100 Å². The van der Waals surface area contributed by atoms with Crippen LogP contribution in [-0.2, 0) is 68.0 Å². The number of hydrogen-bond acceptors (Lipinski definition) is 27. The van der Waals surface area contributed by atoms with Crippen molar-refractivity contribution in [3.05, 3.63) is 131 Å². The van der Waals surface area contributed by atoms with Gasteiger partial charge in [-0.2, -0.15) is 0 Å². The van der Waals surface area contributed by atoms with Crippen LogP contribution in [0.2, 0.25) is 18.1 Å². The van der Waals surface area contributed by atoms with E-state index in [1.54, 1.807) is 48.8 Å². The Bertz CT molecular complexity index is 4650. The lowest BCUT2D eigenvalue weighted by Gasteiger charge is -2.44. The Kier molecular flexibility index (Phi) is 30.8. The molecule has 1 saturated heterocycles. The van der Waals surface area contributed by atoms with E-state index in [4.69, 9.17) is 156 Å². The Morgan fingerprint density at radius 2 is 1.10 bits per heavy atom. The number of hydrogen-bond donors (Lipinski definition) is 2. The summed E-state index contributed by atoms with van der Waals surface area (Å²) in [6.45, 7) is 13.0. The molecule has 0 radical (unpaired) electrons. The highest BCUT2D eigenvalue weighted by atomic mass is 35.6. The van der Waals surface area contributed by atoms with E-state index in [0.29, 0.717) is 34.9 Å². The van der Waals surface area contributed by atoms with Gasteiger partial charge in [-0.1, -0.05) is 127 Å². The highest BCUT2D eigenvalue weighted by molar-refractivity contribution is 6.74. The van der Waals surface area contributed by atoms with Crippen molar-refractivity contribution in [2.45, 2.75) is 148 Å². The van der Waals surface area contributed by atoms with Gasteiger partial charge in [-0.05, 0) is 95.7 Å². The van der Waals surface area contributed by atoms with Crippen LogP contribution in [0, 0.1) is 12.3 Å². The van der Waals surface area contributed by atoms with Crippen LogP contribution >= 0.6 is 69.6 Å². The number of nitrogens with one attached hydrogen (secondary N) is 1. The molecule has 10 rings (SSSR count). The van der Waals surface area contributed by atoms with Crippen molar-refractivity contribution in [3.63, 3.8) is 0 Å². The third-order valence-corrected chi connectivity index (χ3v) is 25.0. The second-order valence-electron chi connectivity index (χ2n) is 29.1. The van der Waals surface area contributed by atoms with Crippen molar-refractivity contribution in [1.29, 1.82) is 0 Å². The Hall–Kier alpha value is -9.34. The fourth-order valence-corrected chi connectivity index (χ4v) is 14.8. The highest BCUT2D eigenvalue weighted by Crippen LogP contribution is 2.49. The minimum absolute atomic E-state index is 0.00568. The monoisotopic (exact) mass is 1790 g/mol. The molecule has 0 aliphatic carbocycles. The quantitative estimate of drug-likeness (QED) is 0.0101. The summed E-state index contributed by atoms with van der Waals surface area (Å²) in [5.74, 6) is -0.353. The Morgan fingerprint density at radius 3 is 1.62 bits per heavy atom. The van der Waals surface area contributed by atoms with E-state index in [9.17, 15) is 33.9 Å². The van der Waals surface area contributed by atoms with Crippen LogP contribution in [0.3, 0.4) is 0 Å². The molecule has 119 heavy (non-hydrogen) atoms. The first-order valence-corrected chi connectivity index (χ1v) is 42.5. The average Bonchev–Trinajstić information content (AvgIpc) is 1.65. The van der Waals surface area contributed by atoms with Gasteiger partial charge in [0, 0.05) is 76.4 Å². The maximum atomic E-state index is 15.4. The van der Waals surface area contributed by atoms with Gasteiger partial charge >= 0.3 is 36.1 Å². The summed E-state index contributed by atoms with van der Waals surface area (Å²) < 4.78 is 95.2. The third-order valence-electron chi connectivity index (χ3n) is 19.9. The SMILES string of the molecule is C#CCOc1cc(O[C@@H]2O[C@H](C(=O)OC)[C@@H](OC(C)=O)[C@H](OC(C)=O)[C@H]2OC(C)=O)ccc1CNCCOCCOc1ccc(C2=CN3C(=O)c4cc(OC)c(OCCCOc5cc6c(cc5OC)C(=O)N5C=C(c7ccc(OC)cc7)CC5[C@@H](O)N6C(=O)OCC(Cl)(Cl)Cl)cc4N(C(=O)OCC(Cl)(Cl)Cl)[C@H](O[Si](C)(C)C(C)(C)C)C3C2)cc1. The number of terminal acetylenes is 1. The van der Waals surface area contributed by atoms with Crippen LogP contribution in [0.4, 0.5) is 21.0 Å². The number of anilines is 2. The fourth-order valence-electron chi connectivity index (χ4n) is 13.3. The summed E-state index contributed by atoms with van der Waals surface area (Å²) in [6, 6.07) is 22.9. The molecule has 5 heterocycles. The topological polar surface area (TPSA) is 339 Å². The van der Waals surface area contributed by atoms with Gasteiger partial charge in [0.25, 0.3) is 11.8 Å². The van der Waals surface area contributed by atoms with Gasteiger partial charge in [0.1, 0.15) is 49.4 Å². The van der Waals surface area contributed by atoms with Crippen LogP contribution in [-0.4, -0.2) is 222 Å². The fraction of sp³-hybridized carbons (Fsp3) is 0.457. The molecule has 5 aliphatic heterocycles. The van der Waals surface area contributed by atoms with Crippen molar-refractivity contribution in [2.24, 2.45) is 0 Å². The second kappa shape index (κ2) is 39.9. The largest absolute Gasteiger partial charge is 0.497 e. The molecule has 0 spiro atoms. The van der Waals surface area contributed by atoms with Crippen LogP contribution < -0.4 is 53.0 Å². The zero-order valence-electron chi connectivity index (χ0n) is 67.0. The summed E-state index contributed by atoms with van der Waals surface area (Å²) in [7, 11) is 2.43. The predicted molar refractivity (Wildman–Crippen MR) is 439 cm³/mol. The smallest absolute Gasteiger partial charge is 0.416 e. The van der Waals surface area contributed by atoms with E-state index in [2.05, 4.69) is 11.2 Å². The molecular formula is C81H91Cl6N5O26Si. The molecule has 31 nitrogen and oxygen atoms in total. The van der Waals surface area contributed by atoms with E-state index in [1.807, 2.05) is 58.1 Å². The number of amides is 4. The number of fused-ring (bicyclic) bond motifs is 4. The number of aliphatic hydroxyl groups is 1. The van der Waals surface area contributed by atoms with Gasteiger partial charge in [-0.15, -0.1) is 6.42 Å². The normalized spacial score (nSPS) is 20.3. The maximum absolute atomic E-state index is 15.4. The Morgan fingerprint density at radius 1 is 0.588 bits per heavy atom. The predicted octanol–water partition coefficient (Wildman–Crippen LogP) is 12.7. The number of rotatable bonds is 32. The van der Waals surface area contributed by atoms with E-state index in [0.717, 1.165) is 49.5 Å². The van der Waals surface area contributed by atoms with Crippen LogP contribution in [0.5, 0.6) is 46.0 Å². The van der Waals surface area contributed by atoms with Gasteiger partial charge in [0.05, 0.1) is 89.5 Å². The second-order valence-corrected chi connectivity index (χ2v) is 38.9. The van der Waals surface area contributed by atoms with Crippen LogP contribution in [0.1, 0.15) is 98.2 Å². The average molecular weight is 1790 g/mol. The summed E-state index contributed by atoms with van der Waals surface area (Å²) in [5.41, 5.74) is 3.41. The number of alkyl halides is 6. The van der Waals surface area contributed by atoms with Crippen molar-refractivity contribution < 1.29 is 124 Å². The van der Waals surface area contributed by atoms with Gasteiger partial charge in [0.15, 0.2) is 62.1 Å². The van der Waals surface area contributed by atoms with Crippen LogP contribution in [0.15, 0.2) is 103 Å². The lowest BCUT2D eigenvalue weighted by atomic mass is 9.97. The van der Waals surface area contributed by atoms with Crippen molar-refractivity contribution in [3.8, 4) is 58.3 Å². The minimum Gasteiger partial charge on any atom is -0.497 e. The molecule has 2 unspecified atom stereocenters. The first kappa shape index (κ1) is 92.0. The van der Waals surface area contributed by atoms with Gasteiger partial charge in [-0.3, -0.25) is 24.0 Å². The number of aliphatic hydroxyl groups excluding tert-OH is 1. The molecule has 0 aromatic heterocycles. The number of esters is 4. The molecule has 5 aromatic carbocycles. The summed E-state index contributed by atoms with van der Waals surface area (Å²) in [4.78, 5) is 114. The van der Waals surface area contributed by atoms with E-state index >= 15 is 9.59 Å². The maximum Gasteiger partial charge on any atom is 0.416 e. The molecule has 0 saturated carbocycles. The molecule has 5 aliphatic rings. The number of benzene rings is 5. The Balaban J connectivity index is 0.809. The molecular weight excluding hydrogens is 1700 g/mol. The number of carbonyl (C=O) groups excluding carboxylic acids is 8. The molecule has 9 atom stereocenters. The zero-order chi connectivity index (χ0) is 86.6. The van der Waals surface area contributed by atoms with E-state index in [1.165, 1.54) is 66.4 Å². The highest BCUT2D eigenvalue weighted by Gasteiger charge is 2.57. The van der Waals surface area contributed by atoms with Crippen molar-refractivity contribution in [2.75, 3.05) is 97.6 Å². The summed E-state index contributed by atoms with van der Waals surface area (Å²) in [6.07, 6.45) is -3.73. The number of ether oxygens (including phenoxy) is 16. The van der Waals surface area contributed by atoms with E-state index < -0.39 is 137 Å². The Labute approximate surface area is 718 Å². The molecule has 642 valence electrons. The molecule has 38 heteroatoms. The first-order valence-electron chi connectivity index (χ1n) is 37.3. The van der Waals surface area contributed by atoms with E-state index in [-0.39, 0.29) is 117 Å². The van der Waals surface area contributed by atoms with Gasteiger partial charge in [-0.25, -0.2) is 24.2 Å². The third kappa shape index (κ3) is 22.8. The molecule has 1 fully saturated rings. The number of methoxy groups -OCH3 is 4. The summed E-state index contributed by atoms with van der Waals surface area (Å²) >= 11 is 36.7. The first-order chi connectivity index (χ1) is 56.4. The zero-order valence-corrected chi connectivity index (χ0v) is 72.5. The number of nitrogens with zero attached hydrogens (tertiary/aromatic N) is 4. The molecule has 2 N–H and O–H groups in total. The molecule has 5 aromatic rings. The summed E-state index contributed by atoms with van der Waals surface area (Å²) in [5, 5.41) is 15.0. The number of carbonyl (C=O) groups is 8. The lowest BCUT2D eigenvalue weighted by molar-refractivity contribution is -0.282. The standard InChI is InChI=1S/C81H91Cl6N5O26Si/c1-14-27-108-62-35-55(116-76-70(115-47(4)95)68(114-46(3)94)67(113-45(2)93)69(117-76)75(99)105-11)25-20-50(62)40-88-26-30-106-31-32-107-54-23-18-49(19-24-54)52-34-61-74(118-119(12,13)79(5,6)7)92(78(101)112-44-81(85,86)87)59-39-66(64(104-10)37-57(59)72(97)90(61)42-52)110-29-15-28-109-65-38-58-56(36-63(65)103-9)71(96)89-41-51(48-16-21-53(102-8)22-17-48)33-60(89)73(98)91(58)77(100)111-43-80(82,83)84/h1,16-25,35-39,41-42,60-61,67-70,73-74,76,88,98H,15,26-34,40,43-44H2,2-13H3/t60?,61?,67-,68-,69-,70+,73+,74+,76+/m0/s1. The van der Waals surface area contributed by atoms with Crippen LogP contribution in [0.25, 0.3) is 11.1 Å². The molecule has 4 amide bonds. The number of halogens is 6.